The molecule has 0 bridgehead atoms. The highest BCUT2D eigenvalue weighted by atomic mass is 32.1. The molecule has 0 radical (unpaired) electrons. The summed E-state index contributed by atoms with van der Waals surface area (Å²) in [5, 5.41) is 14.7. The zero-order valence-electron chi connectivity index (χ0n) is 14.5. The summed E-state index contributed by atoms with van der Waals surface area (Å²) in [6.07, 6.45) is 5.42. The monoisotopic (exact) mass is 368 g/mol. The van der Waals surface area contributed by atoms with Crippen LogP contribution in [-0.2, 0) is 14.3 Å². The van der Waals surface area contributed by atoms with Crippen molar-refractivity contribution in [2.75, 3.05) is 18.5 Å². The van der Waals surface area contributed by atoms with Gasteiger partial charge in [0.1, 0.15) is 18.2 Å². The first kappa shape index (κ1) is 19.4. The summed E-state index contributed by atoms with van der Waals surface area (Å²) in [6, 6.07) is 0.184. The molecule has 25 heavy (non-hydrogen) atoms. The van der Waals surface area contributed by atoms with Crippen LogP contribution in [0.4, 0.5) is 5.00 Å². The van der Waals surface area contributed by atoms with Crippen LogP contribution in [0.25, 0.3) is 0 Å². The highest BCUT2D eigenvalue weighted by molar-refractivity contribution is 7.16. The van der Waals surface area contributed by atoms with Crippen molar-refractivity contribution in [3.63, 3.8) is 0 Å². The van der Waals surface area contributed by atoms with E-state index in [0.29, 0.717) is 10.6 Å². The van der Waals surface area contributed by atoms with Crippen LogP contribution in [0.3, 0.4) is 0 Å². The van der Waals surface area contributed by atoms with Crippen molar-refractivity contribution >= 4 is 34.1 Å². The maximum atomic E-state index is 12.7. The number of hydrogen-bond acceptors (Lipinski definition) is 5. The van der Waals surface area contributed by atoms with E-state index in [4.69, 9.17) is 9.84 Å². The Bertz CT molecular complexity index is 650. The number of aliphatic carboxylic acids is 1. The lowest BCUT2D eigenvalue weighted by atomic mass is 9.95. The quantitative estimate of drug-likeness (QED) is 0.686. The molecule has 1 heterocycles. The van der Waals surface area contributed by atoms with Crippen molar-refractivity contribution in [2.24, 2.45) is 0 Å². The van der Waals surface area contributed by atoms with E-state index in [2.05, 4.69) is 10.6 Å². The Balaban J connectivity index is 2.03. The van der Waals surface area contributed by atoms with Crippen molar-refractivity contribution in [3.05, 3.63) is 16.0 Å². The Labute approximate surface area is 150 Å². The number of ether oxygens (including phenoxy) is 1. The van der Waals surface area contributed by atoms with Crippen molar-refractivity contribution < 1.29 is 24.2 Å². The lowest BCUT2D eigenvalue weighted by Gasteiger charge is -2.23. The van der Waals surface area contributed by atoms with Crippen LogP contribution in [0.2, 0.25) is 0 Å². The molecule has 0 saturated heterocycles. The molecule has 138 valence electrons. The number of anilines is 1. The second kappa shape index (κ2) is 8.96. The van der Waals surface area contributed by atoms with Gasteiger partial charge in [0.05, 0.1) is 5.56 Å². The van der Waals surface area contributed by atoms with Crippen LogP contribution in [0.1, 0.15) is 52.9 Å². The number of amides is 2. The molecular weight excluding hydrogens is 344 g/mol. The predicted octanol–water partition coefficient (Wildman–Crippen LogP) is 2.47. The molecule has 1 aromatic heterocycles. The van der Waals surface area contributed by atoms with E-state index in [1.165, 1.54) is 17.8 Å². The number of carboxylic acid groups (broad SMARTS) is 1. The largest absolute Gasteiger partial charge is 0.480 e. The molecular formula is C17H24N2O5S. The molecule has 1 aromatic rings. The second-order valence-electron chi connectivity index (χ2n) is 6.23. The summed E-state index contributed by atoms with van der Waals surface area (Å²) in [7, 11) is 0. The van der Waals surface area contributed by atoms with Crippen LogP contribution in [-0.4, -0.2) is 42.1 Å². The fourth-order valence-electron chi connectivity index (χ4n) is 2.89. The summed E-state index contributed by atoms with van der Waals surface area (Å²) < 4.78 is 4.78. The van der Waals surface area contributed by atoms with Gasteiger partial charge in [0.2, 0.25) is 0 Å². The minimum absolute atomic E-state index is 0.171. The third-order valence-corrected chi connectivity index (χ3v) is 5.39. The average Bonchev–Trinajstić information content (AvgIpc) is 2.82. The van der Waals surface area contributed by atoms with Crippen LogP contribution < -0.4 is 10.6 Å². The molecule has 0 aliphatic heterocycles. The maximum Gasteiger partial charge on any atom is 0.329 e. The van der Waals surface area contributed by atoms with Gasteiger partial charge in [-0.2, -0.15) is 0 Å². The first-order valence-electron chi connectivity index (χ1n) is 8.38. The van der Waals surface area contributed by atoms with Crippen LogP contribution in [0, 0.1) is 13.8 Å². The number of aryl methyl sites for hydroxylation is 1. The lowest BCUT2D eigenvalue weighted by molar-refractivity contribution is -0.143. The normalized spacial score (nSPS) is 15.0. The number of thiophene rings is 1. The van der Waals surface area contributed by atoms with Gasteiger partial charge in [-0.05, 0) is 32.3 Å². The topological polar surface area (TPSA) is 105 Å². The molecule has 0 unspecified atom stereocenters. The van der Waals surface area contributed by atoms with E-state index in [1.807, 2.05) is 13.8 Å². The molecule has 3 N–H and O–H groups in total. The molecule has 8 heteroatoms. The summed E-state index contributed by atoms with van der Waals surface area (Å²) in [4.78, 5) is 36.0. The van der Waals surface area contributed by atoms with Gasteiger partial charge in [-0.3, -0.25) is 9.59 Å². The number of carbonyl (C=O) groups excluding carboxylic acids is 2. The Morgan fingerprint density at radius 1 is 1.16 bits per heavy atom. The standard InChI is InChI=1S/C17H24N2O5S/c1-10-11(2)25-17(19-13(20)8-24-9-14(21)22)15(10)16(23)18-12-6-4-3-5-7-12/h12H,3-9H2,1-2H3,(H,18,23)(H,19,20)(H,21,22). The molecule has 0 atom stereocenters. The minimum Gasteiger partial charge on any atom is -0.480 e. The molecule has 7 nitrogen and oxygen atoms in total. The van der Waals surface area contributed by atoms with E-state index in [0.717, 1.165) is 36.1 Å². The van der Waals surface area contributed by atoms with E-state index in [9.17, 15) is 14.4 Å². The zero-order valence-corrected chi connectivity index (χ0v) is 15.3. The predicted molar refractivity (Wildman–Crippen MR) is 95.2 cm³/mol. The Morgan fingerprint density at radius 3 is 2.48 bits per heavy atom. The van der Waals surface area contributed by atoms with Gasteiger partial charge >= 0.3 is 5.97 Å². The first-order valence-corrected chi connectivity index (χ1v) is 9.20. The molecule has 1 aliphatic carbocycles. The summed E-state index contributed by atoms with van der Waals surface area (Å²) in [5.74, 6) is -1.78. The fraction of sp³-hybridized carbons (Fsp3) is 0.588. The smallest absolute Gasteiger partial charge is 0.329 e. The minimum atomic E-state index is -1.14. The van der Waals surface area contributed by atoms with Gasteiger partial charge in [-0.1, -0.05) is 19.3 Å². The van der Waals surface area contributed by atoms with Crippen molar-refractivity contribution in [3.8, 4) is 0 Å². The number of hydrogen-bond donors (Lipinski definition) is 3. The molecule has 0 aromatic carbocycles. The van der Waals surface area contributed by atoms with Gasteiger partial charge in [-0.15, -0.1) is 11.3 Å². The van der Waals surface area contributed by atoms with E-state index in [-0.39, 0.29) is 18.6 Å². The Hall–Kier alpha value is -1.93. The molecule has 1 fully saturated rings. The average molecular weight is 368 g/mol. The second-order valence-corrected chi connectivity index (χ2v) is 7.46. The molecule has 2 rings (SSSR count). The fourth-order valence-corrected chi connectivity index (χ4v) is 3.96. The number of nitrogens with one attached hydrogen (secondary N) is 2. The highest BCUT2D eigenvalue weighted by Gasteiger charge is 2.24. The van der Waals surface area contributed by atoms with Gasteiger partial charge in [-0.25, -0.2) is 4.79 Å². The van der Waals surface area contributed by atoms with Gasteiger partial charge in [0.25, 0.3) is 11.8 Å². The third-order valence-electron chi connectivity index (χ3n) is 4.26. The third kappa shape index (κ3) is 5.54. The Kier molecular flexibility index (Phi) is 6.95. The van der Waals surface area contributed by atoms with Gasteiger partial charge in [0.15, 0.2) is 0 Å². The summed E-state index contributed by atoms with van der Waals surface area (Å²) in [5.41, 5.74) is 1.33. The zero-order chi connectivity index (χ0) is 18.4. The SMILES string of the molecule is Cc1sc(NC(=O)COCC(=O)O)c(C(=O)NC2CCCCC2)c1C. The van der Waals surface area contributed by atoms with E-state index >= 15 is 0 Å². The molecule has 1 saturated carbocycles. The maximum absolute atomic E-state index is 12.7. The highest BCUT2D eigenvalue weighted by Crippen LogP contribution is 2.32. The van der Waals surface area contributed by atoms with Gasteiger partial charge < -0.3 is 20.5 Å². The van der Waals surface area contributed by atoms with Crippen molar-refractivity contribution in [1.82, 2.24) is 5.32 Å². The van der Waals surface area contributed by atoms with Gasteiger partial charge in [0, 0.05) is 10.9 Å². The first-order chi connectivity index (χ1) is 11.9. The Morgan fingerprint density at radius 2 is 1.84 bits per heavy atom. The van der Waals surface area contributed by atoms with E-state index in [1.54, 1.807) is 0 Å². The summed E-state index contributed by atoms with van der Waals surface area (Å²) in [6.45, 7) is 2.85. The lowest BCUT2D eigenvalue weighted by Crippen LogP contribution is -2.36. The summed E-state index contributed by atoms with van der Waals surface area (Å²) >= 11 is 1.33. The van der Waals surface area contributed by atoms with Crippen LogP contribution in [0.15, 0.2) is 0 Å². The number of carbonyl (C=O) groups is 3. The van der Waals surface area contributed by atoms with Crippen molar-refractivity contribution in [2.45, 2.75) is 52.0 Å². The molecule has 2 amide bonds. The van der Waals surface area contributed by atoms with E-state index < -0.39 is 18.5 Å². The van der Waals surface area contributed by atoms with Crippen LogP contribution >= 0.6 is 11.3 Å². The number of carboxylic acids is 1. The number of rotatable bonds is 7. The van der Waals surface area contributed by atoms with Crippen LogP contribution in [0.5, 0.6) is 0 Å². The van der Waals surface area contributed by atoms with Crippen molar-refractivity contribution in [1.29, 1.82) is 0 Å². The molecule has 1 aliphatic rings. The molecule has 0 spiro atoms.